The molecular weight excluding hydrogens is 370 g/mol. The number of fused-ring (bicyclic) bond motifs is 1. The van der Waals surface area contributed by atoms with Crippen molar-refractivity contribution in [3.05, 3.63) is 41.8 Å². The predicted octanol–water partition coefficient (Wildman–Crippen LogP) is 3.76. The summed E-state index contributed by atoms with van der Waals surface area (Å²) in [4.78, 5) is 31.9. The molecule has 1 aliphatic rings. The fourth-order valence-electron chi connectivity index (χ4n) is 3.07. The van der Waals surface area contributed by atoms with Gasteiger partial charge in [-0.3, -0.25) is 9.20 Å². The molecule has 3 heterocycles. The molecule has 0 aromatic carbocycles. The largest absolute Gasteiger partial charge is 0.445 e. The van der Waals surface area contributed by atoms with E-state index in [0.29, 0.717) is 6.54 Å². The first-order valence-corrected chi connectivity index (χ1v) is 10.0. The fourth-order valence-corrected chi connectivity index (χ4v) is 5.01. The van der Waals surface area contributed by atoms with E-state index in [9.17, 15) is 9.59 Å². The van der Waals surface area contributed by atoms with Crippen molar-refractivity contribution in [3.63, 3.8) is 0 Å². The maximum Gasteiger partial charge on any atom is 0.410 e. The van der Waals surface area contributed by atoms with E-state index < -0.39 is 0 Å². The van der Waals surface area contributed by atoms with Crippen LogP contribution in [0.1, 0.15) is 23.9 Å². The van der Waals surface area contributed by atoms with E-state index in [4.69, 9.17) is 4.74 Å². The molecule has 0 saturated carbocycles. The van der Waals surface area contributed by atoms with Gasteiger partial charge in [0.25, 0.3) is 0 Å². The lowest BCUT2D eigenvalue weighted by Crippen LogP contribution is -2.35. The number of carbonyl (C=O) groups excluding carboxylic acids is 2. The average molecular weight is 392 g/mol. The minimum atomic E-state index is -0.374. The van der Waals surface area contributed by atoms with Crippen molar-refractivity contribution in [2.45, 2.75) is 31.6 Å². The van der Waals surface area contributed by atoms with Crippen LogP contribution in [0.3, 0.4) is 0 Å². The molecule has 1 fully saturated rings. The number of hydrogen-bond donors (Lipinski definition) is 0. The van der Waals surface area contributed by atoms with Gasteiger partial charge in [-0.05, 0) is 19.4 Å². The molecule has 2 aromatic heterocycles. The Morgan fingerprint density at radius 2 is 2.35 bits per heavy atom. The summed E-state index contributed by atoms with van der Waals surface area (Å²) < 4.78 is 7.24. The summed E-state index contributed by atoms with van der Waals surface area (Å²) in [5.74, 6) is 0. The van der Waals surface area contributed by atoms with Crippen LogP contribution in [0.4, 0.5) is 4.79 Å². The number of aromatic nitrogens is 2. The van der Waals surface area contributed by atoms with Gasteiger partial charge in [0.05, 0.1) is 17.9 Å². The fraction of sp³-hybridized carbons (Fsp3) is 0.389. The van der Waals surface area contributed by atoms with Gasteiger partial charge in [-0.15, -0.1) is 11.3 Å². The van der Waals surface area contributed by atoms with Crippen molar-refractivity contribution in [2.24, 2.45) is 0 Å². The van der Waals surface area contributed by atoms with Gasteiger partial charge < -0.3 is 9.64 Å². The van der Waals surface area contributed by atoms with Crippen molar-refractivity contribution in [2.75, 3.05) is 13.2 Å². The van der Waals surface area contributed by atoms with Gasteiger partial charge in [0.15, 0.2) is 5.12 Å². The summed E-state index contributed by atoms with van der Waals surface area (Å²) in [5, 5.41) is 0.142. The standard InChI is InChI=1S/C18H21N3O3S2/c1-4-7-24-18(23)20-10-15(26-13(3)22)8-14(20)5-6-16-12(2)25-17-9-19-11-21(16)17/h4-6,9,11,14-15H,1,7-8,10H2,2-3H3/t14-,15+/m1/s1. The molecule has 0 unspecified atom stereocenters. The van der Waals surface area contributed by atoms with E-state index in [-0.39, 0.29) is 29.1 Å². The lowest BCUT2D eigenvalue weighted by molar-refractivity contribution is -0.109. The second-order valence-corrected chi connectivity index (χ2v) is 8.77. The van der Waals surface area contributed by atoms with E-state index in [0.717, 1.165) is 16.9 Å². The Labute approximate surface area is 160 Å². The highest BCUT2D eigenvalue weighted by molar-refractivity contribution is 8.14. The second kappa shape index (κ2) is 8.09. The van der Waals surface area contributed by atoms with E-state index in [2.05, 4.69) is 18.5 Å². The number of carbonyl (C=O) groups is 2. The topological polar surface area (TPSA) is 63.9 Å². The summed E-state index contributed by atoms with van der Waals surface area (Å²) in [6.07, 6.45) is 9.57. The quantitative estimate of drug-likeness (QED) is 0.726. The normalized spacial score (nSPS) is 20.2. The number of rotatable bonds is 5. The Balaban J connectivity index is 1.80. The number of likely N-dealkylation sites (tertiary alicyclic amines) is 1. The molecule has 1 saturated heterocycles. The minimum Gasteiger partial charge on any atom is -0.445 e. The molecule has 138 valence electrons. The molecular formula is C18H21N3O3S2. The third kappa shape index (κ3) is 4.02. The average Bonchev–Trinajstić information content (AvgIpc) is 3.25. The van der Waals surface area contributed by atoms with Crippen LogP contribution >= 0.6 is 23.1 Å². The summed E-state index contributed by atoms with van der Waals surface area (Å²) >= 11 is 2.96. The zero-order valence-corrected chi connectivity index (χ0v) is 16.4. The minimum absolute atomic E-state index is 0.0628. The number of amides is 1. The molecule has 26 heavy (non-hydrogen) atoms. The van der Waals surface area contributed by atoms with Gasteiger partial charge in [0.1, 0.15) is 17.8 Å². The molecule has 1 aliphatic heterocycles. The molecule has 0 spiro atoms. The van der Waals surface area contributed by atoms with E-state index >= 15 is 0 Å². The third-order valence-corrected chi connectivity index (χ3v) is 6.19. The highest BCUT2D eigenvalue weighted by Crippen LogP contribution is 2.30. The molecule has 0 radical (unpaired) electrons. The molecule has 2 atom stereocenters. The van der Waals surface area contributed by atoms with Gasteiger partial charge in [0.2, 0.25) is 0 Å². The molecule has 0 aliphatic carbocycles. The first-order valence-electron chi connectivity index (χ1n) is 8.30. The SMILES string of the molecule is C=CCOC(=O)N1C[C@@H](SC(C)=O)C[C@H]1C=Cc1c(C)sc2cncn12. The Morgan fingerprint density at radius 3 is 3.08 bits per heavy atom. The van der Waals surface area contributed by atoms with Crippen molar-refractivity contribution in [1.82, 2.24) is 14.3 Å². The van der Waals surface area contributed by atoms with Crippen molar-refractivity contribution < 1.29 is 14.3 Å². The van der Waals surface area contributed by atoms with Crippen LogP contribution < -0.4 is 0 Å². The molecule has 3 rings (SSSR count). The number of nitrogens with zero attached hydrogens (tertiary/aromatic N) is 3. The number of thioether (sulfide) groups is 1. The molecule has 0 bridgehead atoms. The summed E-state index contributed by atoms with van der Waals surface area (Å²) in [6, 6.07) is -0.109. The lowest BCUT2D eigenvalue weighted by atomic mass is 10.2. The van der Waals surface area contributed by atoms with Crippen LogP contribution in [-0.4, -0.2) is 49.9 Å². The van der Waals surface area contributed by atoms with Crippen molar-refractivity contribution in [1.29, 1.82) is 0 Å². The maximum absolute atomic E-state index is 12.4. The smallest absolute Gasteiger partial charge is 0.410 e. The van der Waals surface area contributed by atoms with Gasteiger partial charge in [-0.1, -0.05) is 30.5 Å². The van der Waals surface area contributed by atoms with Crippen LogP contribution in [-0.2, 0) is 9.53 Å². The van der Waals surface area contributed by atoms with Crippen molar-refractivity contribution in [3.8, 4) is 0 Å². The van der Waals surface area contributed by atoms with Gasteiger partial charge in [-0.2, -0.15) is 0 Å². The highest BCUT2D eigenvalue weighted by atomic mass is 32.2. The van der Waals surface area contributed by atoms with E-state index in [1.807, 2.05) is 22.7 Å². The first-order chi connectivity index (χ1) is 12.5. The van der Waals surface area contributed by atoms with Crippen LogP contribution in [0.25, 0.3) is 10.9 Å². The van der Waals surface area contributed by atoms with Gasteiger partial charge in [-0.25, -0.2) is 9.78 Å². The molecule has 0 N–H and O–H groups in total. The molecule has 6 nitrogen and oxygen atoms in total. The zero-order valence-electron chi connectivity index (χ0n) is 14.8. The third-order valence-electron chi connectivity index (χ3n) is 4.16. The van der Waals surface area contributed by atoms with Gasteiger partial charge in [0, 0.05) is 23.6 Å². The summed E-state index contributed by atoms with van der Waals surface area (Å²) in [5.41, 5.74) is 1.06. The van der Waals surface area contributed by atoms with Crippen LogP contribution in [0, 0.1) is 6.92 Å². The number of hydrogen-bond acceptors (Lipinski definition) is 6. The van der Waals surface area contributed by atoms with Crippen LogP contribution in [0.5, 0.6) is 0 Å². The predicted molar refractivity (Wildman–Crippen MR) is 106 cm³/mol. The van der Waals surface area contributed by atoms with Crippen LogP contribution in [0.15, 0.2) is 31.3 Å². The van der Waals surface area contributed by atoms with Crippen LogP contribution in [0.2, 0.25) is 0 Å². The summed E-state index contributed by atoms with van der Waals surface area (Å²) in [7, 11) is 0. The molecule has 8 heteroatoms. The Kier molecular flexibility index (Phi) is 5.83. The first kappa shape index (κ1) is 18.7. The Hall–Kier alpha value is -2.06. The highest BCUT2D eigenvalue weighted by Gasteiger charge is 2.35. The number of ether oxygens (including phenoxy) is 1. The van der Waals surface area contributed by atoms with E-state index in [1.54, 1.807) is 35.6 Å². The summed E-state index contributed by atoms with van der Waals surface area (Å²) in [6.45, 7) is 7.86. The molecule has 1 amide bonds. The van der Waals surface area contributed by atoms with Crippen molar-refractivity contribution >= 4 is 45.2 Å². The monoisotopic (exact) mass is 391 g/mol. The lowest BCUT2D eigenvalue weighted by Gasteiger charge is -2.21. The number of thiazole rings is 1. The maximum atomic E-state index is 12.4. The molecule has 2 aromatic rings. The Morgan fingerprint density at radius 1 is 1.54 bits per heavy atom. The Bertz CT molecular complexity index is 855. The number of imidazole rings is 1. The number of aryl methyl sites for hydroxylation is 1. The second-order valence-electron chi connectivity index (χ2n) is 6.06. The van der Waals surface area contributed by atoms with E-state index in [1.165, 1.54) is 16.6 Å². The van der Waals surface area contributed by atoms with Gasteiger partial charge >= 0.3 is 6.09 Å². The zero-order chi connectivity index (χ0) is 18.7.